The molecule has 3 N–H and O–H groups in total. The predicted octanol–water partition coefficient (Wildman–Crippen LogP) is 4.69. The molecule has 0 fully saturated rings. The van der Waals surface area contributed by atoms with E-state index < -0.39 is 5.91 Å². The van der Waals surface area contributed by atoms with Crippen LogP contribution in [-0.4, -0.2) is 22.6 Å². The SMILES string of the molecule is CCC(C)c1ccc(NC(=O)CC(C)=NNC(=O)c2cc(Cl)ccc2O)cc1. The fraction of sp³-hybridized carbons (Fsp3) is 0.286. The van der Waals surface area contributed by atoms with Crippen molar-refractivity contribution in [3.8, 4) is 5.75 Å². The van der Waals surface area contributed by atoms with Gasteiger partial charge >= 0.3 is 0 Å². The first-order chi connectivity index (χ1) is 13.3. The Labute approximate surface area is 169 Å². The van der Waals surface area contributed by atoms with Gasteiger partial charge in [-0.05, 0) is 55.2 Å². The van der Waals surface area contributed by atoms with Crippen LogP contribution in [0.2, 0.25) is 5.02 Å². The van der Waals surface area contributed by atoms with Gasteiger partial charge in [0.1, 0.15) is 5.75 Å². The van der Waals surface area contributed by atoms with Crippen LogP contribution >= 0.6 is 11.6 Å². The molecule has 0 bridgehead atoms. The van der Waals surface area contributed by atoms with E-state index in [1.165, 1.54) is 23.8 Å². The van der Waals surface area contributed by atoms with E-state index in [2.05, 4.69) is 29.7 Å². The molecule has 7 heteroatoms. The Balaban J connectivity index is 1.91. The van der Waals surface area contributed by atoms with Crippen molar-refractivity contribution < 1.29 is 14.7 Å². The fourth-order valence-electron chi connectivity index (χ4n) is 2.50. The number of hydrogen-bond acceptors (Lipinski definition) is 4. The van der Waals surface area contributed by atoms with Crippen molar-refractivity contribution in [3.63, 3.8) is 0 Å². The maximum absolute atomic E-state index is 12.1. The summed E-state index contributed by atoms with van der Waals surface area (Å²) in [6.45, 7) is 5.92. The number of rotatable bonds is 7. The molecule has 0 saturated heterocycles. The van der Waals surface area contributed by atoms with Gasteiger partial charge in [0.15, 0.2) is 0 Å². The molecule has 0 heterocycles. The van der Waals surface area contributed by atoms with Crippen LogP contribution in [0.4, 0.5) is 5.69 Å². The molecule has 2 aromatic rings. The van der Waals surface area contributed by atoms with Gasteiger partial charge in [-0.2, -0.15) is 5.10 Å². The van der Waals surface area contributed by atoms with E-state index in [0.717, 1.165) is 6.42 Å². The van der Waals surface area contributed by atoms with Crippen molar-refractivity contribution in [2.45, 2.75) is 39.5 Å². The molecular formula is C21H24ClN3O3. The van der Waals surface area contributed by atoms with Gasteiger partial charge < -0.3 is 10.4 Å². The summed E-state index contributed by atoms with van der Waals surface area (Å²) in [6, 6.07) is 11.9. The molecule has 1 atom stereocenters. The van der Waals surface area contributed by atoms with Crippen LogP contribution in [0.1, 0.15) is 55.5 Å². The maximum atomic E-state index is 12.1. The lowest BCUT2D eigenvalue weighted by atomic mass is 9.99. The lowest BCUT2D eigenvalue weighted by Crippen LogP contribution is -2.21. The van der Waals surface area contributed by atoms with Crippen molar-refractivity contribution in [2.24, 2.45) is 5.10 Å². The van der Waals surface area contributed by atoms with Crippen LogP contribution in [0.25, 0.3) is 0 Å². The summed E-state index contributed by atoms with van der Waals surface area (Å²) in [5.74, 6) is -0.576. The predicted molar refractivity (Wildman–Crippen MR) is 112 cm³/mol. The van der Waals surface area contributed by atoms with Crippen LogP contribution in [0.3, 0.4) is 0 Å². The molecule has 2 aromatic carbocycles. The van der Waals surface area contributed by atoms with Crippen LogP contribution < -0.4 is 10.7 Å². The van der Waals surface area contributed by atoms with Crippen molar-refractivity contribution in [3.05, 3.63) is 58.6 Å². The van der Waals surface area contributed by atoms with Gasteiger partial charge in [-0.3, -0.25) is 9.59 Å². The second kappa shape index (κ2) is 9.90. The molecule has 0 aliphatic rings. The molecule has 0 saturated carbocycles. The number of carbonyl (C=O) groups is 2. The number of benzene rings is 2. The number of nitrogens with one attached hydrogen (secondary N) is 2. The lowest BCUT2D eigenvalue weighted by Gasteiger charge is -2.10. The highest BCUT2D eigenvalue weighted by molar-refractivity contribution is 6.31. The zero-order valence-electron chi connectivity index (χ0n) is 16.1. The monoisotopic (exact) mass is 401 g/mol. The Bertz CT molecular complexity index is 879. The summed E-state index contributed by atoms with van der Waals surface area (Å²) >= 11 is 5.82. The first kappa shape index (κ1) is 21.4. The number of hydrazone groups is 1. The second-order valence-corrected chi connectivity index (χ2v) is 7.04. The number of phenolic OH excluding ortho intramolecular Hbond substituents is 1. The lowest BCUT2D eigenvalue weighted by molar-refractivity contribution is -0.115. The molecular weight excluding hydrogens is 378 g/mol. The quantitative estimate of drug-likeness (QED) is 0.464. The topological polar surface area (TPSA) is 90.8 Å². The summed E-state index contributed by atoms with van der Waals surface area (Å²) in [4.78, 5) is 24.2. The number of nitrogens with zero attached hydrogens (tertiary/aromatic N) is 1. The van der Waals surface area contributed by atoms with E-state index in [-0.39, 0.29) is 23.6 Å². The molecule has 2 amide bonds. The van der Waals surface area contributed by atoms with Gasteiger partial charge in [0.05, 0.1) is 12.0 Å². The highest BCUT2D eigenvalue weighted by Crippen LogP contribution is 2.22. The fourth-order valence-corrected chi connectivity index (χ4v) is 2.68. The van der Waals surface area contributed by atoms with Crippen molar-refractivity contribution in [1.29, 1.82) is 0 Å². The molecule has 148 valence electrons. The van der Waals surface area contributed by atoms with Gasteiger partial charge in [0.2, 0.25) is 5.91 Å². The van der Waals surface area contributed by atoms with Crippen molar-refractivity contribution >= 4 is 34.8 Å². The standard InChI is InChI=1S/C21H24ClN3O3/c1-4-13(2)15-5-8-17(9-6-15)23-20(27)11-14(3)24-25-21(28)18-12-16(22)7-10-19(18)26/h5-10,12-13,26H,4,11H2,1-3H3,(H,23,27)(H,25,28). The number of anilines is 1. The van der Waals surface area contributed by atoms with Gasteiger partial charge in [0.25, 0.3) is 5.91 Å². The molecule has 1 unspecified atom stereocenters. The third kappa shape index (κ3) is 6.09. The Kier molecular flexibility index (Phi) is 7.58. The summed E-state index contributed by atoms with van der Waals surface area (Å²) < 4.78 is 0. The highest BCUT2D eigenvalue weighted by atomic mass is 35.5. The van der Waals surface area contributed by atoms with E-state index in [4.69, 9.17) is 11.6 Å². The number of halogens is 1. The summed E-state index contributed by atoms with van der Waals surface area (Å²) in [5.41, 5.74) is 4.68. The smallest absolute Gasteiger partial charge is 0.275 e. The normalized spacial score (nSPS) is 12.4. The first-order valence-corrected chi connectivity index (χ1v) is 9.39. The molecule has 0 spiro atoms. The summed E-state index contributed by atoms with van der Waals surface area (Å²) in [6.07, 6.45) is 1.08. The zero-order chi connectivity index (χ0) is 20.7. The molecule has 28 heavy (non-hydrogen) atoms. The van der Waals surface area contributed by atoms with Crippen molar-refractivity contribution in [1.82, 2.24) is 5.43 Å². The van der Waals surface area contributed by atoms with Crippen LogP contribution in [-0.2, 0) is 4.79 Å². The third-order valence-corrected chi connectivity index (χ3v) is 4.58. The average molecular weight is 402 g/mol. The van der Waals surface area contributed by atoms with E-state index >= 15 is 0 Å². The first-order valence-electron chi connectivity index (χ1n) is 9.02. The molecule has 2 rings (SSSR count). The Morgan fingerprint density at radius 2 is 1.86 bits per heavy atom. The Morgan fingerprint density at radius 3 is 2.50 bits per heavy atom. The minimum Gasteiger partial charge on any atom is -0.507 e. The Morgan fingerprint density at radius 1 is 1.18 bits per heavy atom. The summed E-state index contributed by atoms with van der Waals surface area (Å²) in [5, 5.41) is 16.7. The molecule has 0 radical (unpaired) electrons. The van der Waals surface area contributed by atoms with Gasteiger partial charge in [-0.1, -0.05) is 37.6 Å². The molecule has 0 aromatic heterocycles. The largest absolute Gasteiger partial charge is 0.507 e. The minimum absolute atomic E-state index is 0.00917. The van der Waals surface area contributed by atoms with Crippen LogP contribution in [0, 0.1) is 0 Å². The number of aromatic hydroxyl groups is 1. The number of phenols is 1. The van der Waals surface area contributed by atoms with Gasteiger partial charge in [-0.25, -0.2) is 5.43 Å². The number of amides is 2. The highest BCUT2D eigenvalue weighted by Gasteiger charge is 2.12. The minimum atomic E-state index is -0.611. The molecule has 0 aliphatic heterocycles. The van der Waals surface area contributed by atoms with E-state index in [9.17, 15) is 14.7 Å². The molecule has 6 nitrogen and oxygen atoms in total. The van der Waals surface area contributed by atoms with E-state index in [0.29, 0.717) is 22.3 Å². The van der Waals surface area contributed by atoms with Crippen LogP contribution in [0.15, 0.2) is 47.6 Å². The maximum Gasteiger partial charge on any atom is 0.275 e. The number of carbonyl (C=O) groups excluding carboxylic acids is 2. The Hall–Kier alpha value is -2.86. The third-order valence-electron chi connectivity index (χ3n) is 4.34. The average Bonchev–Trinajstić information content (AvgIpc) is 2.67. The molecule has 0 aliphatic carbocycles. The summed E-state index contributed by atoms with van der Waals surface area (Å²) in [7, 11) is 0. The second-order valence-electron chi connectivity index (χ2n) is 6.61. The zero-order valence-corrected chi connectivity index (χ0v) is 16.9. The van der Waals surface area contributed by atoms with E-state index in [1.807, 2.05) is 24.3 Å². The van der Waals surface area contributed by atoms with Gasteiger partial charge in [-0.15, -0.1) is 0 Å². The van der Waals surface area contributed by atoms with E-state index in [1.54, 1.807) is 6.92 Å². The van der Waals surface area contributed by atoms with Crippen molar-refractivity contribution in [2.75, 3.05) is 5.32 Å². The van der Waals surface area contributed by atoms with Gasteiger partial charge in [0, 0.05) is 16.4 Å². The van der Waals surface area contributed by atoms with Crippen LogP contribution in [0.5, 0.6) is 5.75 Å². The number of hydrogen-bond donors (Lipinski definition) is 3.